The van der Waals surface area contributed by atoms with Gasteiger partial charge in [0.05, 0.1) is 11.5 Å². The third-order valence-corrected chi connectivity index (χ3v) is 18.5. The number of amides is 2. The average Bonchev–Trinajstić information content (AvgIpc) is 3.46. The number of hydrogen-bond donors (Lipinski definition) is 2. The van der Waals surface area contributed by atoms with E-state index < -0.39 is 0 Å². The lowest BCUT2D eigenvalue weighted by atomic mass is 9.32. The second-order valence-electron chi connectivity index (χ2n) is 20.6. The van der Waals surface area contributed by atoms with E-state index in [1.165, 1.54) is 31.3 Å². The van der Waals surface area contributed by atoms with Crippen LogP contribution in [0.25, 0.3) is 0 Å². The van der Waals surface area contributed by atoms with Crippen LogP contribution in [0.2, 0.25) is 0 Å². The number of fused-ring (bicyclic) bond motifs is 7. The van der Waals surface area contributed by atoms with Crippen molar-refractivity contribution in [2.45, 2.75) is 145 Å². The number of allylic oxidation sites excluding steroid dienone is 1. The maximum atomic E-state index is 14.9. The van der Waals surface area contributed by atoms with Gasteiger partial charge in [-0.1, -0.05) is 67.5 Å². The summed E-state index contributed by atoms with van der Waals surface area (Å²) in [6, 6.07) is 0.0478. The first kappa shape index (κ1) is 36.0. The molecule has 0 aromatic carbocycles. The van der Waals surface area contributed by atoms with Crippen LogP contribution in [0.5, 0.6) is 0 Å². The van der Waals surface area contributed by atoms with Gasteiger partial charge in [0.15, 0.2) is 0 Å². The molecule has 7 fully saturated rings. The van der Waals surface area contributed by atoms with Crippen molar-refractivity contribution < 1.29 is 14.7 Å². The van der Waals surface area contributed by atoms with Crippen LogP contribution in [-0.2, 0) is 9.59 Å². The number of nitrogens with zero attached hydrogens (tertiary/aromatic N) is 2. The second kappa shape index (κ2) is 11.8. The molecular formula is C43H71N3O3. The molecule has 49 heavy (non-hydrogen) atoms. The molecule has 6 nitrogen and oxygen atoms in total. The molecule has 1 unspecified atom stereocenters. The monoisotopic (exact) mass is 678 g/mol. The fourth-order valence-electron chi connectivity index (χ4n) is 14.9. The Morgan fingerprint density at radius 2 is 1.49 bits per heavy atom. The Kier molecular flexibility index (Phi) is 8.67. The van der Waals surface area contributed by atoms with Crippen LogP contribution in [0, 0.1) is 68.0 Å². The van der Waals surface area contributed by atoms with Crippen LogP contribution in [0.3, 0.4) is 0 Å². The van der Waals surface area contributed by atoms with Crippen molar-refractivity contribution >= 4 is 11.8 Å². The minimum atomic E-state index is -0.337. The van der Waals surface area contributed by atoms with Crippen LogP contribution in [0.15, 0.2) is 12.2 Å². The van der Waals surface area contributed by atoms with Crippen molar-refractivity contribution in [1.29, 1.82) is 0 Å². The molecule has 276 valence electrons. The van der Waals surface area contributed by atoms with Gasteiger partial charge in [0.25, 0.3) is 0 Å². The lowest BCUT2D eigenvalue weighted by molar-refractivity contribution is -0.246. The highest BCUT2D eigenvalue weighted by atomic mass is 16.3. The number of nitrogens with one attached hydrogen (secondary N) is 1. The maximum Gasteiger partial charge on any atom is 0.226 e. The summed E-state index contributed by atoms with van der Waals surface area (Å²) in [5.74, 6) is 3.05. The van der Waals surface area contributed by atoms with Gasteiger partial charge in [-0.25, -0.2) is 0 Å². The standard InChI is InChI=1S/C43H71N3O3/c1-11-45-22-24-46(25-23-45)36(48)30-26-33(38(30,4)5)44-37(49)43-19-14-28(27(2)3)35(43)29-12-13-32-40(8)17-16-34(47)39(6,7)31(40)15-18-42(32,10)41(29,9)20-21-43/h28-35,47H,2,11-26H2,1,3-10H3,(H,44,49)/t28-,29+,30-,31-,32+,33-,34-,35?,40-,41+,42+,43-/m0/s1. The summed E-state index contributed by atoms with van der Waals surface area (Å²) in [7, 11) is 0. The number of piperazine rings is 1. The summed E-state index contributed by atoms with van der Waals surface area (Å²) in [6.45, 7) is 30.6. The molecule has 0 bridgehead atoms. The first-order valence-electron chi connectivity index (χ1n) is 20.5. The molecule has 2 N–H and O–H groups in total. The Hall–Kier alpha value is -1.40. The van der Waals surface area contributed by atoms with Gasteiger partial charge in [-0.15, -0.1) is 0 Å². The average molecular weight is 678 g/mol. The van der Waals surface area contributed by atoms with E-state index in [1.54, 1.807) is 0 Å². The maximum absolute atomic E-state index is 14.9. The SMILES string of the molecule is C=C(C)[C@@H]1CC[C@]2(C(=O)N[C@H]3C[C@@H](C(=O)N4CCN(CC)CC4)C3(C)C)CC[C@]3(C)[C@H](CC[C@@H]4[C@@]5(C)CC[C@H](O)C(C)(C)[C@@H]5CC[C@]43C)C12. The van der Waals surface area contributed by atoms with Gasteiger partial charge in [0.2, 0.25) is 11.8 Å². The lowest BCUT2D eigenvalue weighted by Crippen LogP contribution is -2.68. The van der Waals surface area contributed by atoms with Gasteiger partial charge in [0, 0.05) is 38.1 Å². The van der Waals surface area contributed by atoms with Gasteiger partial charge < -0.3 is 20.2 Å². The highest BCUT2D eigenvalue weighted by molar-refractivity contribution is 5.86. The van der Waals surface area contributed by atoms with Crippen molar-refractivity contribution in [2.75, 3.05) is 32.7 Å². The molecule has 7 rings (SSSR count). The predicted molar refractivity (Wildman–Crippen MR) is 197 cm³/mol. The Morgan fingerprint density at radius 3 is 2.12 bits per heavy atom. The minimum absolute atomic E-state index is 0.0155. The normalized spacial score (nSPS) is 48.7. The molecule has 1 saturated heterocycles. The van der Waals surface area contributed by atoms with E-state index in [4.69, 9.17) is 0 Å². The van der Waals surface area contributed by atoms with Gasteiger partial charge in [0.1, 0.15) is 0 Å². The van der Waals surface area contributed by atoms with Crippen molar-refractivity contribution in [3.63, 3.8) is 0 Å². The Labute approximate surface area is 299 Å². The Morgan fingerprint density at radius 1 is 0.796 bits per heavy atom. The van der Waals surface area contributed by atoms with E-state index in [-0.39, 0.29) is 56.5 Å². The number of aliphatic hydroxyl groups is 1. The van der Waals surface area contributed by atoms with Crippen LogP contribution >= 0.6 is 0 Å². The van der Waals surface area contributed by atoms with Gasteiger partial charge in [-0.05, 0) is 141 Å². The number of aliphatic hydroxyl groups excluding tert-OH is 1. The van der Waals surface area contributed by atoms with Crippen molar-refractivity contribution in [1.82, 2.24) is 15.1 Å². The smallest absolute Gasteiger partial charge is 0.226 e. The summed E-state index contributed by atoms with van der Waals surface area (Å²) in [6.07, 6.45) is 11.7. The third-order valence-electron chi connectivity index (χ3n) is 18.5. The molecular weight excluding hydrogens is 606 g/mol. The molecule has 0 aromatic heterocycles. The minimum Gasteiger partial charge on any atom is -0.393 e. The van der Waals surface area contributed by atoms with E-state index in [2.05, 4.69) is 84.0 Å². The first-order valence-corrected chi connectivity index (χ1v) is 20.5. The van der Waals surface area contributed by atoms with E-state index >= 15 is 0 Å². The number of hydrogen-bond acceptors (Lipinski definition) is 4. The number of carbonyl (C=O) groups is 2. The fourth-order valence-corrected chi connectivity index (χ4v) is 14.9. The molecule has 0 spiro atoms. The van der Waals surface area contributed by atoms with E-state index in [0.717, 1.165) is 77.7 Å². The molecule has 7 aliphatic rings. The molecule has 0 aromatic rings. The highest BCUT2D eigenvalue weighted by Gasteiger charge is 2.72. The molecule has 2 amide bonds. The van der Waals surface area contributed by atoms with E-state index in [9.17, 15) is 14.7 Å². The predicted octanol–water partition coefficient (Wildman–Crippen LogP) is 7.70. The van der Waals surface area contributed by atoms with Crippen LogP contribution < -0.4 is 5.32 Å². The highest BCUT2D eigenvalue weighted by Crippen LogP contribution is 2.77. The first-order chi connectivity index (χ1) is 22.9. The van der Waals surface area contributed by atoms with E-state index in [0.29, 0.717) is 35.5 Å². The molecule has 12 atom stereocenters. The largest absolute Gasteiger partial charge is 0.393 e. The van der Waals surface area contributed by atoms with Gasteiger partial charge in [-0.2, -0.15) is 0 Å². The molecule has 1 heterocycles. The van der Waals surface area contributed by atoms with E-state index in [1.807, 2.05) is 0 Å². The molecule has 1 aliphatic heterocycles. The number of carbonyl (C=O) groups excluding carboxylic acids is 2. The quantitative estimate of drug-likeness (QED) is 0.293. The number of rotatable bonds is 5. The fraction of sp³-hybridized carbons (Fsp3) is 0.907. The molecule has 6 aliphatic carbocycles. The number of likely N-dealkylation sites (N-methyl/N-ethyl adjacent to an activating group) is 1. The summed E-state index contributed by atoms with van der Waals surface area (Å²) in [5, 5.41) is 14.8. The Bertz CT molecular complexity index is 1350. The van der Waals surface area contributed by atoms with Crippen molar-refractivity contribution in [3.05, 3.63) is 12.2 Å². The second-order valence-corrected chi connectivity index (χ2v) is 20.6. The van der Waals surface area contributed by atoms with Gasteiger partial charge in [-0.3, -0.25) is 9.59 Å². The van der Waals surface area contributed by atoms with Crippen molar-refractivity contribution in [2.24, 2.45) is 68.0 Å². The summed E-state index contributed by atoms with van der Waals surface area (Å²) < 4.78 is 0. The lowest BCUT2D eigenvalue weighted by Gasteiger charge is -2.72. The third kappa shape index (κ3) is 4.90. The Balaban J connectivity index is 1.12. The van der Waals surface area contributed by atoms with Crippen LogP contribution in [0.4, 0.5) is 0 Å². The zero-order valence-electron chi connectivity index (χ0n) is 32.8. The summed E-state index contributed by atoms with van der Waals surface area (Å²) in [4.78, 5) is 33.1. The summed E-state index contributed by atoms with van der Waals surface area (Å²) in [5.41, 5.74) is 1.33. The van der Waals surface area contributed by atoms with Crippen molar-refractivity contribution in [3.8, 4) is 0 Å². The zero-order chi connectivity index (χ0) is 35.5. The van der Waals surface area contributed by atoms with Gasteiger partial charge >= 0.3 is 0 Å². The zero-order valence-corrected chi connectivity index (χ0v) is 32.8. The topological polar surface area (TPSA) is 72.9 Å². The molecule has 6 saturated carbocycles. The molecule has 6 heteroatoms. The summed E-state index contributed by atoms with van der Waals surface area (Å²) >= 11 is 0. The molecule has 0 radical (unpaired) electrons. The van der Waals surface area contributed by atoms with Crippen LogP contribution in [-0.4, -0.2) is 71.6 Å². The van der Waals surface area contributed by atoms with Crippen LogP contribution in [0.1, 0.15) is 133 Å².